The zero-order valence-corrected chi connectivity index (χ0v) is 22.4. The van der Waals surface area contributed by atoms with Gasteiger partial charge in [0.25, 0.3) is 0 Å². The molecule has 1 heterocycles. The van der Waals surface area contributed by atoms with Crippen LogP contribution >= 0.6 is 0 Å². The molecule has 0 aliphatic heterocycles. The van der Waals surface area contributed by atoms with Crippen LogP contribution in [0.5, 0.6) is 5.88 Å². The second kappa shape index (κ2) is 11.3. The number of fused-ring (bicyclic) bond motifs is 1. The summed E-state index contributed by atoms with van der Waals surface area (Å²) < 4.78 is 1.29. The maximum absolute atomic E-state index is 12.8. The fourth-order valence-electron chi connectivity index (χ4n) is 4.35. The largest absolute Gasteiger partial charge is 0.494 e. The highest BCUT2D eigenvalue weighted by molar-refractivity contribution is 6.23. The van der Waals surface area contributed by atoms with E-state index in [1.54, 1.807) is 11.9 Å². The topological polar surface area (TPSA) is 90.2 Å². The Labute approximate surface area is 222 Å². The van der Waals surface area contributed by atoms with Crippen LogP contribution in [0.4, 0.5) is 16.2 Å². The molecule has 3 aromatic carbocycles. The molecule has 0 saturated carbocycles. The van der Waals surface area contributed by atoms with Crippen molar-refractivity contribution in [3.63, 3.8) is 0 Å². The van der Waals surface area contributed by atoms with Crippen LogP contribution in [-0.2, 0) is 11.2 Å². The number of hydrogen-bond acceptors (Lipinski definition) is 5. The van der Waals surface area contributed by atoms with Crippen molar-refractivity contribution in [1.29, 1.82) is 0 Å². The van der Waals surface area contributed by atoms with Gasteiger partial charge in [-0.15, -0.1) is 0 Å². The van der Waals surface area contributed by atoms with Crippen LogP contribution in [0.1, 0.15) is 23.6 Å². The Kier molecular flexibility index (Phi) is 7.93. The van der Waals surface area contributed by atoms with E-state index in [1.165, 1.54) is 11.6 Å². The number of carbonyl (C=O) groups excluding carboxylic acids is 2. The van der Waals surface area contributed by atoms with E-state index in [0.29, 0.717) is 29.0 Å². The average Bonchev–Trinajstić information content (AvgIpc) is 3.21. The normalized spacial score (nSPS) is 11.7. The van der Waals surface area contributed by atoms with Crippen molar-refractivity contribution in [2.24, 2.45) is 4.99 Å². The third-order valence-corrected chi connectivity index (χ3v) is 6.42. The molecule has 0 unspecified atom stereocenters. The lowest BCUT2D eigenvalue weighted by Gasteiger charge is -2.19. The number of anilines is 1. The van der Waals surface area contributed by atoms with Gasteiger partial charge in [0.15, 0.2) is 0 Å². The van der Waals surface area contributed by atoms with Crippen LogP contribution in [0.3, 0.4) is 0 Å². The number of benzene rings is 3. The van der Waals surface area contributed by atoms with E-state index in [0.717, 1.165) is 28.6 Å². The number of nitrogens with one attached hydrogen (secondary N) is 1. The highest BCUT2D eigenvalue weighted by Gasteiger charge is 2.25. The minimum absolute atomic E-state index is 0.0189. The smallest absolute Gasteiger partial charge is 0.328 e. The summed E-state index contributed by atoms with van der Waals surface area (Å²) >= 11 is 0. The Bertz CT molecular complexity index is 1490. The van der Waals surface area contributed by atoms with Gasteiger partial charge in [0.2, 0.25) is 11.8 Å². The molecule has 0 radical (unpaired) electrons. The third kappa shape index (κ3) is 5.31. The number of aryl methyl sites for hydroxylation is 1. The first-order valence-electron chi connectivity index (χ1n) is 12.5. The molecule has 0 aliphatic rings. The highest BCUT2D eigenvalue weighted by Crippen LogP contribution is 2.35. The third-order valence-electron chi connectivity index (χ3n) is 6.42. The molecular formula is C30H33N5O3. The quantitative estimate of drug-likeness (QED) is 0.349. The second-order valence-corrected chi connectivity index (χ2v) is 9.33. The van der Waals surface area contributed by atoms with Gasteiger partial charge in [-0.3, -0.25) is 4.79 Å². The summed E-state index contributed by atoms with van der Waals surface area (Å²) in [5.41, 5.74) is 4.85. The number of carbonyl (C=O) groups is 2. The molecule has 2 amide bonds. The van der Waals surface area contributed by atoms with Gasteiger partial charge in [0.05, 0.1) is 29.0 Å². The summed E-state index contributed by atoms with van der Waals surface area (Å²) in [5, 5.41) is 14.7. The van der Waals surface area contributed by atoms with E-state index < -0.39 is 6.03 Å². The van der Waals surface area contributed by atoms with Gasteiger partial charge in [0, 0.05) is 30.7 Å². The molecule has 0 aliphatic carbocycles. The predicted octanol–water partition coefficient (Wildman–Crippen LogP) is 4.79. The van der Waals surface area contributed by atoms with Crippen molar-refractivity contribution in [2.75, 3.05) is 39.6 Å². The molecule has 0 atom stereocenters. The number of hydrogen-bond donors (Lipinski definition) is 2. The molecule has 4 rings (SSSR count). The zero-order chi connectivity index (χ0) is 27.4. The lowest BCUT2D eigenvalue weighted by Crippen LogP contribution is -2.34. The van der Waals surface area contributed by atoms with Gasteiger partial charge in [-0.05, 0) is 56.4 Å². The van der Waals surface area contributed by atoms with Crippen molar-refractivity contribution in [3.8, 4) is 5.88 Å². The van der Waals surface area contributed by atoms with Gasteiger partial charge in [0.1, 0.15) is 0 Å². The van der Waals surface area contributed by atoms with Crippen LogP contribution in [0, 0.1) is 0 Å². The molecule has 8 nitrogen and oxygen atoms in total. The molecule has 38 heavy (non-hydrogen) atoms. The predicted molar refractivity (Wildman–Crippen MR) is 153 cm³/mol. The van der Waals surface area contributed by atoms with E-state index in [-0.39, 0.29) is 11.8 Å². The standard InChI is InChI=1S/C30H33N5O3/c1-6-20-12-17-24-25(18-20)35(30(38)31-2)29(37)27(24)28(21-10-8-7-9-11-21)32-22-13-15-23(16-14-22)34(5)26(36)19-33(3)4/h7-18,37H,6,19H2,1-5H3,(H,31,38). The number of aromatic hydroxyl groups is 1. The lowest BCUT2D eigenvalue weighted by molar-refractivity contribution is -0.118. The molecule has 0 fully saturated rings. The van der Waals surface area contributed by atoms with Crippen molar-refractivity contribution in [3.05, 3.63) is 89.5 Å². The Morgan fingerprint density at radius 1 is 0.974 bits per heavy atom. The van der Waals surface area contributed by atoms with Crippen LogP contribution in [0.25, 0.3) is 10.9 Å². The van der Waals surface area contributed by atoms with Crippen LogP contribution < -0.4 is 10.2 Å². The summed E-state index contributed by atoms with van der Waals surface area (Å²) in [6.45, 7) is 2.35. The SMILES string of the molecule is CCc1ccc2c(C(=Nc3ccc(N(C)C(=O)CN(C)C)cc3)c3ccccc3)c(O)n(C(=O)NC)c2c1. The fraction of sp³-hybridized carbons (Fsp3) is 0.233. The number of likely N-dealkylation sites (N-methyl/N-ethyl adjacent to an activating group) is 2. The number of amides is 2. The van der Waals surface area contributed by atoms with E-state index in [4.69, 9.17) is 4.99 Å². The Hall–Kier alpha value is -4.43. The van der Waals surface area contributed by atoms with Crippen molar-refractivity contribution in [1.82, 2.24) is 14.8 Å². The van der Waals surface area contributed by atoms with Crippen LogP contribution in [0.15, 0.2) is 77.8 Å². The second-order valence-electron chi connectivity index (χ2n) is 9.33. The number of rotatable bonds is 7. The number of aliphatic imine (C=N–C) groups is 1. The zero-order valence-electron chi connectivity index (χ0n) is 22.4. The summed E-state index contributed by atoms with van der Waals surface area (Å²) in [6, 6.07) is 22.3. The van der Waals surface area contributed by atoms with Crippen LogP contribution in [0.2, 0.25) is 0 Å². The number of aromatic nitrogens is 1. The van der Waals surface area contributed by atoms with Crippen LogP contribution in [-0.4, -0.2) is 67.0 Å². The monoisotopic (exact) mass is 511 g/mol. The van der Waals surface area contributed by atoms with E-state index >= 15 is 0 Å². The Morgan fingerprint density at radius 3 is 2.26 bits per heavy atom. The first kappa shape index (κ1) is 26.6. The van der Waals surface area contributed by atoms with E-state index in [1.807, 2.05) is 98.7 Å². The molecule has 0 saturated heterocycles. The van der Waals surface area contributed by atoms with Gasteiger partial charge < -0.3 is 20.2 Å². The molecule has 1 aromatic heterocycles. The molecule has 196 valence electrons. The van der Waals surface area contributed by atoms with E-state index in [9.17, 15) is 14.7 Å². The molecule has 2 N–H and O–H groups in total. The Balaban J connectivity index is 1.87. The molecule has 0 bridgehead atoms. The lowest BCUT2D eigenvalue weighted by atomic mass is 10.00. The van der Waals surface area contributed by atoms with Crippen molar-refractivity contribution in [2.45, 2.75) is 13.3 Å². The van der Waals surface area contributed by atoms with Gasteiger partial charge in [-0.2, -0.15) is 0 Å². The average molecular weight is 512 g/mol. The Morgan fingerprint density at radius 2 is 1.66 bits per heavy atom. The first-order valence-corrected chi connectivity index (χ1v) is 12.5. The van der Waals surface area contributed by atoms with Crippen molar-refractivity contribution >= 4 is 39.9 Å². The number of nitrogens with zero attached hydrogens (tertiary/aromatic N) is 4. The minimum atomic E-state index is -0.436. The summed E-state index contributed by atoms with van der Waals surface area (Å²) in [5.74, 6) is -0.199. The van der Waals surface area contributed by atoms with Gasteiger partial charge in [-0.1, -0.05) is 49.4 Å². The summed E-state index contributed by atoms with van der Waals surface area (Å²) in [4.78, 5) is 33.7. The molecule has 8 heteroatoms. The van der Waals surface area contributed by atoms with E-state index in [2.05, 4.69) is 5.32 Å². The van der Waals surface area contributed by atoms with Gasteiger partial charge >= 0.3 is 6.03 Å². The molecule has 4 aromatic rings. The molecule has 0 spiro atoms. The summed E-state index contributed by atoms with van der Waals surface area (Å²) in [7, 11) is 6.99. The first-order chi connectivity index (χ1) is 18.2. The fourth-order valence-corrected chi connectivity index (χ4v) is 4.35. The maximum Gasteiger partial charge on any atom is 0.328 e. The maximum atomic E-state index is 12.8. The highest BCUT2D eigenvalue weighted by atomic mass is 16.3. The summed E-state index contributed by atoms with van der Waals surface area (Å²) in [6.07, 6.45) is 0.794. The minimum Gasteiger partial charge on any atom is -0.494 e. The van der Waals surface area contributed by atoms with Gasteiger partial charge in [-0.25, -0.2) is 14.4 Å². The van der Waals surface area contributed by atoms with Crippen molar-refractivity contribution < 1.29 is 14.7 Å². The molecular weight excluding hydrogens is 478 g/mol.